The second-order valence-corrected chi connectivity index (χ2v) is 6.92. The lowest BCUT2D eigenvalue weighted by Gasteiger charge is -2.24. The van der Waals surface area contributed by atoms with Crippen molar-refractivity contribution in [1.29, 1.82) is 0 Å². The number of benzene rings is 1. The average Bonchev–Trinajstić information content (AvgIpc) is 2.39. The predicted molar refractivity (Wildman–Crippen MR) is 86.7 cm³/mol. The van der Waals surface area contributed by atoms with E-state index in [-0.39, 0.29) is 24.1 Å². The molecule has 1 atom stereocenters. The number of halogens is 1. The molecule has 122 valence electrons. The van der Waals surface area contributed by atoms with Crippen LogP contribution in [0.1, 0.15) is 44.4 Å². The van der Waals surface area contributed by atoms with Crippen molar-refractivity contribution in [2.45, 2.75) is 38.6 Å². The number of aromatic hydroxyl groups is 1. The summed E-state index contributed by atoms with van der Waals surface area (Å²) in [6.45, 7) is 5.75. The maximum Gasteiger partial charge on any atom is 0.305 e. The number of nitrogens with two attached hydrogens (primary N) is 1. The van der Waals surface area contributed by atoms with Crippen LogP contribution >= 0.6 is 15.9 Å². The Morgan fingerprint density at radius 1 is 1.36 bits per heavy atom. The van der Waals surface area contributed by atoms with Crippen LogP contribution in [-0.4, -0.2) is 28.6 Å². The minimum absolute atomic E-state index is 0.0865. The van der Waals surface area contributed by atoms with E-state index < -0.39 is 17.9 Å². The van der Waals surface area contributed by atoms with Crippen LogP contribution in [0.15, 0.2) is 16.6 Å². The topological polar surface area (TPSA) is 113 Å². The van der Waals surface area contributed by atoms with E-state index in [1.54, 1.807) is 12.1 Å². The predicted octanol–water partition coefficient (Wildman–Crippen LogP) is 2.04. The lowest BCUT2D eigenvalue weighted by Crippen LogP contribution is -2.35. The molecule has 1 aromatic rings. The SMILES string of the molecule is CC(C)(C)c1cc(Br)c(O)c(C(CC(=O)O)NC(=O)CN)c1. The maximum absolute atomic E-state index is 11.5. The second-order valence-electron chi connectivity index (χ2n) is 6.07. The molecule has 0 fully saturated rings. The molecule has 0 radical (unpaired) electrons. The van der Waals surface area contributed by atoms with Gasteiger partial charge in [-0.1, -0.05) is 20.8 Å². The molecular weight excluding hydrogens is 352 g/mol. The van der Waals surface area contributed by atoms with Gasteiger partial charge in [-0.15, -0.1) is 0 Å². The monoisotopic (exact) mass is 372 g/mol. The van der Waals surface area contributed by atoms with E-state index in [4.69, 9.17) is 10.8 Å². The molecule has 1 rings (SSSR count). The third-order valence-corrected chi connectivity index (χ3v) is 3.84. The van der Waals surface area contributed by atoms with Gasteiger partial charge >= 0.3 is 5.97 Å². The van der Waals surface area contributed by atoms with Gasteiger partial charge in [0.25, 0.3) is 0 Å². The van der Waals surface area contributed by atoms with Gasteiger partial charge in [0, 0.05) is 5.56 Å². The summed E-state index contributed by atoms with van der Waals surface area (Å²) in [6, 6.07) is 2.64. The lowest BCUT2D eigenvalue weighted by molar-refractivity contribution is -0.137. The quantitative estimate of drug-likeness (QED) is 0.631. The molecule has 0 bridgehead atoms. The zero-order valence-electron chi connectivity index (χ0n) is 12.8. The first kappa shape index (κ1) is 18.4. The number of carbonyl (C=O) groups is 2. The van der Waals surface area contributed by atoms with Crippen LogP contribution in [0.4, 0.5) is 0 Å². The summed E-state index contributed by atoms with van der Waals surface area (Å²) in [5, 5.41) is 21.8. The van der Waals surface area contributed by atoms with Gasteiger partial charge in [0.05, 0.1) is 23.5 Å². The molecule has 7 heteroatoms. The normalized spacial score (nSPS) is 12.8. The number of carboxylic acids is 1. The third kappa shape index (κ3) is 4.71. The smallest absolute Gasteiger partial charge is 0.305 e. The number of hydrogen-bond donors (Lipinski definition) is 4. The number of phenolic OH excluding ortho intramolecular Hbond substituents is 1. The number of rotatable bonds is 5. The first-order valence-electron chi connectivity index (χ1n) is 6.80. The first-order chi connectivity index (χ1) is 10.1. The Balaban J connectivity index is 3.36. The van der Waals surface area contributed by atoms with Crippen molar-refractivity contribution < 1.29 is 19.8 Å². The standard InChI is InChI=1S/C15H21BrN2O4/c1-15(2,3)8-4-9(14(22)10(16)5-8)11(6-13(20)21)18-12(19)7-17/h4-5,11,22H,6-7,17H2,1-3H3,(H,18,19)(H,20,21). The van der Waals surface area contributed by atoms with Gasteiger partial charge in [0.1, 0.15) is 5.75 Å². The Kier molecular flexibility index (Phi) is 5.96. The average molecular weight is 373 g/mol. The van der Waals surface area contributed by atoms with Gasteiger partial charge in [-0.05, 0) is 39.0 Å². The molecule has 0 saturated heterocycles. The van der Waals surface area contributed by atoms with Crippen molar-refractivity contribution >= 4 is 27.8 Å². The molecule has 0 aromatic heterocycles. The van der Waals surface area contributed by atoms with E-state index in [1.807, 2.05) is 20.8 Å². The zero-order valence-corrected chi connectivity index (χ0v) is 14.4. The summed E-state index contributed by atoms with van der Waals surface area (Å²) in [7, 11) is 0. The number of amides is 1. The highest BCUT2D eigenvalue weighted by atomic mass is 79.9. The maximum atomic E-state index is 11.5. The van der Waals surface area contributed by atoms with Crippen molar-refractivity contribution in [2.75, 3.05) is 6.54 Å². The number of nitrogens with one attached hydrogen (secondary N) is 1. The minimum Gasteiger partial charge on any atom is -0.506 e. The summed E-state index contributed by atoms with van der Waals surface area (Å²) >= 11 is 3.27. The molecule has 0 aliphatic heterocycles. The van der Waals surface area contributed by atoms with E-state index in [0.717, 1.165) is 5.56 Å². The number of carboxylic acid groups (broad SMARTS) is 1. The minimum atomic E-state index is -1.08. The van der Waals surface area contributed by atoms with Crippen LogP contribution in [-0.2, 0) is 15.0 Å². The molecule has 1 amide bonds. The Bertz CT molecular complexity index is 582. The number of hydrogen-bond acceptors (Lipinski definition) is 4. The number of carbonyl (C=O) groups excluding carboxylic acids is 1. The van der Waals surface area contributed by atoms with Crippen molar-refractivity contribution in [1.82, 2.24) is 5.32 Å². The van der Waals surface area contributed by atoms with Crippen molar-refractivity contribution in [3.8, 4) is 5.75 Å². The molecule has 1 aromatic carbocycles. The molecule has 22 heavy (non-hydrogen) atoms. The van der Waals surface area contributed by atoms with Crippen molar-refractivity contribution in [2.24, 2.45) is 5.73 Å². The molecule has 6 nitrogen and oxygen atoms in total. The van der Waals surface area contributed by atoms with Gasteiger partial charge in [-0.25, -0.2) is 0 Å². The van der Waals surface area contributed by atoms with Crippen LogP contribution in [0.2, 0.25) is 0 Å². The van der Waals surface area contributed by atoms with E-state index in [9.17, 15) is 14.7 Å². The molecule has 0 aliphatic carbocycles. The Hall–Kier alpha value is -1.60. The van der Waals surface area contributed by atoms with Crippen LogP contribution in [0, 0.1) is 0 Å². The molecule has 0 aliphatic rings. The third-order valence-electron chi connectivity index (χ3n) is 3.23. The van der Waals surface area contributed by atoms with E-state index in [2.05, 4.69) is 21.2 Å². The van der Waals surface area contributed by atoms with Crippen LogP contribution < -0.4 is 11.1 Å². The van der Waals surface area contributed by atoms with E-state index >= 15 is 0 Å². The van der Waals surface area contributed by atoms with Crippen LogP contribution in [0.3, 0.4) is 0 Å². The Morgan fingerprint density at radius 2 is 1.95 bits per heavy atom. The highest BCUT2D eigenvalue weighted by Gasteiger charge is 2.25. The summed E-state index contributed by atoms with van der Waals surface area (Å²) in [5.41, 5.74) is 6.32. The van der Waals surface area contributed by atoms with E-state index in [0.29, 0.717) is 10.0 Å². The fourth-order valence-corrected chi connectivity index (χ4v) is 2.46. The van der Waals surface area contributed by atoms with Gasteiger partial charge < -0.3 is 21.3 Å². The van der Waals surface area contributed by atoms with Crippen molar-refractivity contribution in [3.63, 3.8) is 0 Å². The first-order valence-corrected chi connectivity index (χ1v) is 7.59. The zero-order chi connectivity index (χ0) is 17.1. The summed E-state index contributed by atoms with van der Waals surface area (Å²) < 4.78 is 0.451. The lowest BCUT2D eigenvalue weighted by atomic mass is 9.85. The molecule has 0 heterocycles. The van der Waals surface area contributed by atoms with Crippen LogP contribution in [0.5, 0.6) is 5.75 Å². The number of phenols is 1. The van der Waals surface area contributed by atoms with Gasteiger partial charge in [-0.2, -0.15) is 0 Å². The highest BCUT2D eigenvalue weighted by molar-refractivity contribution is 9.10. The summed E-state index contributed by atoms with van der Waals surface area (Å²) in [5.74, 6) is -1.65. The molecule has 1 unspecified atom stereocenters. The van der Waals surface area contributed by atoms with Crippen LogP contribution in [0.25, 0.3) is 0 Å². The molecule has 0 saturated carbocycles. The largest absolute Gasteiger partial charge is 0.506 e. The Morgan fingerprint density at radius 3 is 2.41 bits per heavy atom. The summed E-state index contributed by atoms with van der Waals surface area (Å²) in [6.07, 6.45) is -0.348. The van der Waals surface area contributed by atoms with Crippen molar-refractivity contribution in [3.05, 3.63) is 27.7 Å². The van der Waals surface area contributed by atoms with Gasteiger partial charge in [0.2, 0.25) is 5.91 Å². The summed E-state index contributed by atoms with van der Waals surface area (Å²) in [4.78, 5) is 22.6. The Labute approximate surface area is 137 Å². The highest BCUT2D eigenvalue weighted by Crippen LogP contribution is 2.38. The molecule has 5 N–H and O–H groups in total. The fraction of sp³-hybridized carbons (Fsp3) is 0.467. The second kappa shape index (κ2) is 7.11. The van der Waals surface area contributed by atoms with E-state index in [1.165, 1.54) is 0 Å². The molecule has 0 spiro atoms. The fourth-order valence-electron chi connectivity index (χ4n) is 1.99. The number of aliphatic carboxylic acids is 1. The van der Waals surface area contributed by atoms with Gasteiger partial charge in [-0.3, -0.25) is 9.59 Å². The van der Waals surface area contributed by atoms with Gasteiger partial charge in [0.15, 0.2) is 0 Å². The molecular formula is C15H21BrN2O4.